The fraction of sp³-hybridized carbons (Fsp3) is 0.643. The van der Waals surface area contributed by atoms with Crippen molar-refractivity contribution in [3.05, 3.63) is 29.8 Å². The van der Waals surface area contributed by atoms with Crippen LogP contribution in [0.4, 0.5) is 5.69 Å². The number of carbonyl (C=O) groups is 4. The zero-order valence-corrected chi connectivity index (χ0v) is 23.4. The van der Waals surface area contributed by atoms with Gasteiger partial charge in [-0.05, 0) is 24.1 Å². The molecule has 4 aliphatic heterocycles. The van der Waals surface area contributed by atoms with E-state index in [1.807, 2.05) is 29.2 Å². The number of nitrogens with zero attached hydrogens (tertiary/aromatic N) is 3. The van der Waals surface area contributed by atoms with Gasteiger partial charge >= 0.3 is 0 Å². The van der Waals surface area contributed by atoms with Crippen molar-refractivity contribution in [2.75, 3.05) is 44.6 Å². The fourth-order valence-corrected chi connectivity index (χ4v) is 6.22. The molecule has 0 aliphatic carbocycles. The van der Waals surface area contributed by atoms with Gasteiger partial charge in [-0.3, -0.25) is 24.1 Å². The number of benzene rings is 1. The maximum atomic E-state index is 13.9. The summed E-state index contributed by atoms with van der Waals surface area (Å²) in [5, 5.41) is 27.0. The monoisotopic (exact) mass is 573 g/mol. The number of aliphatic hydroxyl groups is 2. The van der Waals surface area contributed by atoms with E-state index in [-0.39, 0.29) is 49.2 Å². The smallest absolute Gasteiger partial charge is 0.240 e. The van der Waals surface area contributed by atoms with Gasteiger partial charge in [-0.2, -0.15) is 0 Å². The van der Waals surface area contributed by atoms with Gasteiger partial charge in [0.2, 0.25) is 23.6 Å². The zero-order chi connectivity index (χ0) is 29.3. The quantitative estimate of drug-likeness (QED) is 0.344. The lowest BCUT2D eigenvalue weighted by Crippen LogP contribution is -2.55. The van der Waals surface area contributed by atoms with E-state index in [0.717, 1.165) is 5.56 Å². The van der Waals surface area contributed by atoms with Crippen LogP contribution >= 0.6 is 0 Å². The molecule has 4 fully saturated rings. The number of ether oxygens (including phenoxy) is 2. The number of amides is 4. The number of rotatable bonds is 3. The van der Waals surface area contributed by atoms with Gasteiger partial charge in [0.25, 0.3) is 0 Å². The molecule has 1 aromatic carbocycles. The molecule has 4 N–H and O–H groups in total. The summed E-state index contributed by atoms with van der Waals surface area (Å²) in [5.41, 5.74) is 1.63. The predicted molar refractivity (Wildman–Crippen MR) is 145 cm³/mol. The first-order valence-electron chi connectivity index (χ1n) is 14.1. The minimum absolute atomic E-state index is 0.0270. The van der Waals surface area contributed by atoms with Crippen molar-refractivity contribution in [3.63, 3.8) is 0 Å². The number of hydrogen-bond donors (Lipinski definition) is 4. The minimum Gasteiger partial charge on any atom is -0.388 e. The average Bonchev–Trinajstić information content (AvgIpc) is 3.43. The molecule has 0 radical (unpaired) electrons. The Bertz CT molecular complexity index is 1150. The summed E-state index contributed by atoms with van der Waals surface area (Å²) < 4.78 is 11.8. The molecule has 5 rings (SSSR count). The molecule has 0 saturated carbocycles. The van der Waals surface area contributed by atoms with Gasteiger partial charge in [0.15, 0.2) is 0 Å². The van der Waals surface area contributed by atoms with E-state index in [0.29, 0.717) is 44.9 Å². The topological polar surface area (TPSA) is 161 Å². The lowest BCUT2D eigenvalue weighted by molar-refractivity contribution is -0.146. The van der Waals surface area contributed by atoms with E-state index in [4.69, 9.17) is 9.47 Å². The Balaban J connectivity index is 1.38. The highest BCUT2D eigenvalue weighted by Crippen LogP contribution is 2.28. The predicted octanol–water partition coefficient (Wildman–Crippen LogP) is -1.33. The summed E-state index contributed by atoms with van der Waals surface area (Å²) in [6, 6.07) is 6.64. The van der Waals surface area contributed by atoms with Crippen LogP contribution in [-0.4, -0.2) is 130 Å². The third-order valence-electron chi connectivity index (χ3n) is 8.28. The second-order valence-corrected chi connectivity index (χ2v) is 11.4. The summed E-state index contributed by atoms with van der Waals surface area (Å²) in [7, 11) is 0. The van der Waals surface area contributed by atoms with Crippen LogP contribution in [0.15, 0.2) is 24.3 Å². The molecule has 4 aliphatic rings. The maximum absolute atomic E-state index is 13.9. The van der Waals surface area contributed by atoms with Crippen LogP contribution in [0.3, 0.4) is 0 Å². The van der Waals surface area contributed by atoms with Crippen molar-refractivity contribution >= 4 is 29.3 Å². The van der Waals surface area contributed by atoms with E-state index in [9.17, 15) is 29.4 Å². The van der Waals surface area contributed by atoms with Crippen LogP contribution in [0.5, 0.6) is 0 Å². The van der Waals surface area contributed by atoms with Crippen molar-refractivity contribution in [3.8, 4) is 0 Å². The van der Waals surface area contributed by atoms with E-state index in [1.54, 1.807) is 4.90 Å². The molecule has 41 heavy (non-hydrogen) atoms. The van der Waals surface area contributed by atoms with Gasteiger partial charge in [0, 0.05) is 64.8 Å². The molecule has 6 bridgehead atoms. The van der Waals surface area contributed by atoms with Crippen LogP contribution in [0.1, 0.15) is 32.3 Å². The van der Waals surface area contributed by atoms with E-state index in [2.05, 4.69) is 10.6 Å². The lowest BCUT2D eigenvalue weighted by Gasteiger charge is -2.38. The molecule has 4 amide bonds. The van der Waals surface area contributed by atoms with Gasteiger partial charge in [-0.15, -0.1) is 0 Å². The number of anilines is 1. The molecule has 4 saturated heterocycles. The fourth-order valence-electron chi connectivity index (χ4n) is 6.22. The van der Waals surface area contributed by atoms with Gasteiger partial charge in [0.05, 0.1) is 31.3 Å². The Morgan fingerprint density at radius 1 is 1.02 bits per heavy atom. The summed E-state index contributed by atoms with van der Waals surface area (Å²) in [4.78, 5) is 56.0. The number of nitrogens with one attached hydrogen (secondary N) is 2. The third-order valence-corrected chi connectivity index (χ3v) is 8.28. The number of aliphatic hydroxyl groups excluding tert-OH is 2. The molecular weight excluding hydrogens is 534 g/mol. The van der Waals surface area contributed by atoms with E-state index >= 15 is 0 Å². The van der Waals surface area contributed by atoms with E-state index in [1.165, 1.54) is 18.7 Å². The normalized spacial score (nSPS) is 33.0. The highest BCUT2D eigenvalue weighted by Gasteiger charge is 2.46. The van der Waals surface area contributed by atoms with Gasteiger partial charge in [-0.25, -0.2) is 0 Å². The summed E-state index contributed by atoms with van der Waals surface area (Å²) in [6.07, 6.45) is -4.47. The standard InChI is InChI=1S/C28H39N5O8/c1-16(34)29-19-5-3-18(4-6-19)11-33-12-20-9-22(33)28(39)31-7-8-40-21(13-31)14-32(17(2)35)15-24-27(38)26(37)23(41-24)10-25(36)30-20/h3-6,20-24,26-27,37-38H,7-15H2,1-2H3,(H,29,34)(H,30,36)/t20-,21-,22-,23-,24+,26-,27+/m0/s1. The summed E-state index contributed by atoms with van der Waals surface area (Å²) in [6.45, 7) is 5.03. The molecule has 224 valence electrons. The Kier molecular flexibility index (Phi) is 8.90. The van der Waals surface area contributed by atoms with Crippen molar-refractivity contribution in [1.29, 1.82) is 0 Å². The average molecular weight is 574 g/mol. The van der Waals surface area contributed by atoms with E-state index < -0.39 is 36.6 Å². The molecule has 0 unspecified atom stereocenters. The number of fused-ring (bicyclic) bond motifs is 6. The highest BCUT2D eigenvalue weighted by molar-refractivity contribution is 5.88. The minimum atomic E-state index is -1.27. The Hall–Kier alpha value is -3.10. The highest BCUT2D eigenvalue weighted by atomic mass is 16.5. The third kappa shape index (κ3) is 6.87. The van der Waals surface area contributed by atoms with Crippen LogP contribution in [0, 0.1) is 0 Å². The largest absolute Gasteiger partial charge is 0.388 e. The number of carbonyl (C=O) groups excluding carboxylic acids is 4. The first kappa shape index (κ1) is 29.4. The van der Waals surface area contributed by atoms with Crippen LogP contribution in [0.25, 0.3) is 0 Å². The van der Waals surface area contributed by atoms with Crippen LogP contribution in [0.2, 0.25) is 0 Å². The Morgan fingerprint density at radius 3 is 2.46 bits per heavy atom. The summed E-state index contributed by atoms with van der Waals surface area (Å²) >= 11 is 0. The SMILES string of the molecule is CC(=O)Nc1ccc(CN2C[C@@H]3C[C@H]2C(=O)N2CCO[C@H](CN(C(C)=O)C[C@H]4O[C@@H](CC(=O)N3)[C@H](O)[C@@H]4O)C2)cc1. The van der Waals surface area contributed by atoms with Crippen molar-refractivity contribution in [2.24, 2.45) is 0 Å². The van der Waals surface area contributed by atoms with Crippen molar-refractivity contribution < 1.29 is 38.9 Å². The lowest BCUT2D eigenvalue weighted by atomic mass is 10.0. The van der Waals surface area contributed by atoms with Crippen LogP contribution in [-0.2, 0) is 35.2 Å². The molecule has 13 heteroatoms. The van der Waals surface area contributed by atoms with Gasteiger partial charge < -0.3 is 40.1 Å². The molecule has 1 aromatic rings. The number of likely N-dealkylation sites (tertiary alicyclic amines) is 1. The molecule has 0 spiro atoms. The Morgan fingerprint density at radius 2 is 1.76 bits per heavy atom. The first-order chi connectivity index (χ1) is 19.6. The van der Waals surface area contributed by atoms with Gasteiger partial charge in [-0.1, -0.05) is 12.1 Å². The first-order valence-corrected chi connectivity index (χ1v) is 14.1. The molecular formula is C28H39N5O8. The van der Waals surface area contributed by atoms with Crippen molar-refractivity contribution in [2.45, 2.75) is 75.8 Å². The number of hydrogen-bond acceptors (Lipinski definition) is 9. The number of morpholine rings is 1. The second kappa shape index (κ2) is 12.4. The molecule has 4 heterocycles. The zero-order valence-electron chi connectivity index (χ0n) is 23.4. The van der Waals surface area contributed by atoms with Gasteiger partial charge in [0.1, 0.15) is 18.3 Å². The second-order valence-electron chi connectivity index (χ2n) is 11.4. The molecule has 7 atom stereocenters. The molecule has 13 nitrogen and oxygen atoms in total. The Labute approximate surface area is 238 Å². The summed E-state index contributed by atoms with van der Waals surface area (Å²) in [5.74, 6) is -0.811. The van der Waals surface area contributed by atoms with Crippen LogP contribution < -0.4 is 10.6 Å². The maximum Gasteiger partial charge on any atom is 0.240 e. The molecule has 0 aromatic heterocycles. The van der Waals surface area contributed by atoms with Crippen molar-refractivity contribution in [1.82, 2.24) is 20.0 Å².